The van der Waals surface area contributed by atoms with Crippen molar-refractivity contribution in [2.45, 2.75) is 24.8 Å². The van der Waals surface area contributed by atoms with Crippen LogP contribution in [-0.4, -0.2) is 64.0 Å². The molecular formula is C29H26BrN5O3S2. The van der Waals surface area contributed by atoms with Gasteiger partial charge >= 0.3 is 0 Å². The van der Waals surface area contributed by atoms with Crippen LogP contribution in [0.5, 0.6) is 0 Å². The molecule has 0 saturated carbocycles. The van der Waals surface area contributed by atoms with Gasteiger partial charge in [0.2, 0.25) is 15.2 Å². The number of nitrogens with zero attached hydrogens (tertiary/aromatic N) is 5. The quantitative estimate of drug-likeness (QED) is 0.245. The number of hydrogen-bond donors (Lipinski definition) is 0. The summed E-state index contributed by atoms with van der Waals surface area (Å²) in [5, 5.41) is 9.48. The number of fused-ring (bicyclic) bond motifs is 1. The Balaban J connectivity index is 1.19. The first-order chi connectivity index (χ1) is 19.2. The maximum absolute atomic E-state index is 13.5. The normalized spacial score (nSPS) is 16.5. The molecule has 1 aliphatic heterocycles. The lowest BCUT2D eigenvalue weighted by Gasteiger charge is -2.38. The number of amides is 1. The number of hydrogen-bond acceptors (Lipinski definition) is 6. The molecule has 1 unspecified atom stereocenters. The number of carbonyl (C=O) groups is 1. The highest BCUT2D eigenvalue weighted by atomic mass is 79.9. The first kappa shape index (κ1) is 26.8. The summed E-state index contributed by atoms with van der Waals surface area (Å²) < 4.78 is 30.4. The van der Waals surface area contributed by atoms with Crippen molar-refractivity contribution in [2.75, 3.05) is 19.6 Å². The third-order valence-electron chi connectivity index (χ3n) is 7.23. The molecule has 6 rings (SSSR count). The van der Waals surface area contributed by atoms with E-state index in [-0.39, 0.29) is 23.4 Å². The van der Waals surface area contributed by atoms with Gasteiger partial charge in [0.25, 0.3) is 5.91 Å². The molecule has 0 N–H and O–H groups in total. The summed E-state index contributed by atoms with van der Waals surface area (Å²) >= 11 is 4.81. The van der Waals surface area contributed by atoms with Crippen LogP contribution in [0.4, 0.5) is 0 Å². The van der Waals surface area contributed by atoms with E-state index in [1.807, 2.05) is 31.4 Å². The molecule has 0 radical (unpaired) electrons. The van der Waals surface area contributed by atoms with E-state index in [4.69, 9.17) is 4.98 Å². The van der Waals surface area contributed by atoms with Crippen LogP contribution in [0, 0.1) is 6.92 Å². The van der Waals surface area contributed by atoms with E-state index in [1.165, 1.54) is 21.0 Å². The van der Waals surface area contributed by atoms with E-state index >= 15 is 0 Å². The summed E-state index contributed by atoms with van der Waals surface area (Å²) in [6, 6.07) is 20.7. The van der Waals surface area contributed by atoms with Gasteiger partial charge < -0.3 is 4.90 Å². The molecule has 1 aliphatic rings. The van der Waals surface area contributed by atoms with Crippen LogP contribution in [-0.2, 0) is 10.0 Å². The molecule has 8 nitrogen and oxygen atoms in total. The van der Waals surface area contributed by atoms with Crippen molar-refractivity contribution in [3.8, 4) is 16.4 Å². The van der Waals surface area contributed by atoms with Crippen molar-refractivity contribution in [1.29, 1.82) is 0 Å². The van der Waals surface area contributed by atoms with Crippen LogP contribution in [0.15, 0.2) is 87.7 Å². The largest absolute Gasteiger partial charge is 0.336 e. The van der Waals surface area contributed by atoms with Crippen molar-refractivity contribution in [3.05, 3.63) is 94.0 Å². The SMILES string of the molecule is Cc1c(C(=O)N2CCN(S(=O)(=O)c3ccc(Br)cc3)C(C)C2)cnn1-c1nc(-c2ccc3ccccc3c2)cs1. The van der Waals surface area contributed by atoms with Crippen LogP contribution in [0.25, 0.3) is 27.2 Å². The molecule has 40 heavy (non-hydrogen) atoms. The van der Waals surface area contributed by atoms with Gasteiger partial charge in [0.05, 0.1) is 28.0 Å². The molecule has 0 bridgehead atoms. The summed E-state index contributed by atoms with van der Waals surface area (Å²) in [6.45, 7) is 4.50. The standard InChI is InChI=1S/C29H26BrN5O3S2/c1-19-17-33(13-14-34(19)40(37,38)25-11-9-24(30)10-12-25)28(36)26-16-31-35(20(26)2)29-32-27(18-39-29)23-8-7-21-5-3-4-6-22(21)15-23/h3-12,15-16,18-19H,13-14,17H2,1-2H3. The Kier molecular flexibility index (Phi) is 7.07. The first-order valence-electron chi connectivity index (χ1n) is 12.8. The Bertz CT molecular complexity index is 1830. The number of sulfonamides is 1. The van der Waals surface area contributed by atoms with Crippen LogP contribution in [0.2, 0.25) is 0 Å². The highest BCUT2D eigenvalue weighted by Gasteiger charge is 2.36. The Morgan fingerprint density at radius 1 is 1.02 bits per heavy atom. The molecule has 1 atom stereocenters. The maximum Gasteiger partial charge on any atom is 0.257 e. The van der Waals surface area contributed by atoms with Crippen molar-refractivity contribution < 1.29 is 13.2 Å². The predicted molar refractivity (Wildman–Crippen MR) is 160 cm³/mol. The lowest BCUT2D eigenvalue weighted by molar-refractivity contribution is 0.0641. The van der Waals surface area contributed by atoms with Gasteiger partial charge in [-0.2, -0.15) is 9.40 Å². The van der Waals surface area contributed by atoms with Gasteiger partial charge in [0, 0.05) is 41.1 Å². The van der Waals surface area contributed by atoms with Crippen LogP contribution >= 0.6 is 27.3 Å². The van der Waals surface area contributed by atoms with Gasteiger partial charge in [0.1, 0.15) is 0 Å². The zero-order valence-electron chi connectivity index (χ0n) is 21.9. The smallest absolute Gasteiger partial charge is 0.257 e. The van der Waals surface area contributed by atoms with Crippen molar-refractivity contribution in [3.63, 3.8) is 0 Å². The molecule has 3 aromatic carbocycles. The molecule has 1 fully saturated rings. The monoisotopic (exact) mass is 635 g/mol. The summed E-state index contributed by atoms with van der Waals surface area (Å²) in [5.74, 6) is -0.164. The van der Waals surface area contributed by atoms with Gasteiger partial charge in [0.15, 0.2) is 0 Å². The number of benzene rings is 3. The summed E-state index contributed by atoms with van der Waals surface area (Å²) in [6.07, 6.45) is 1.57. The second-order valence-electron chi connectivity index (χ2n) is 9.80. The van der Waals surface area contributed by atoms with Gasteiger partial charge in [-0.15, -0.1) is 11.3 Å². The summed E-state index contributed by atoms with van der Waals surface area (Å²) in [7, 11) is -3.66. The molecule has 11 heteroatoms. The number of carbonyl (C=O) groups excluding carboxylic acids is 1. The van der Waals surface area contributed by atoms with Gasteiger partial charge in [-0.25, -0.2) is 18.1 Å². The molecule has 2 aromatic heterocycles. The molecule has 0 aliphatic carbocycles. The Hall–Kier alpha value is -3.38. The average molecular weight is 637 g/mol. The molecule has 3 heterocycles. The molecule has 1 amide bonds. The number of rotatable bonds is 5. The highest BCUT2D eigenvalue weighted by molar-refractivity contribution is 9.10. The summed E-state index contributed by atoms with van der Waals surface area (Å²) in [5.41, 5.74) is 3.05. The van der Waals surface area contributed by atoms with Crippen molar-refractivity contribution in [1.82, 2.24) is 24.0 Å². The van der Waals surface area contributed by atoms with Crippen molar-refractivity contribution >= 4 is 54.0 Å². The maximum atomic E-state index is 13.5. The van der Waals surface area contributed by atoms with Crippen LogP contribution < -0.4 is 0 Å². The minimum absolute atomic E-state index is 0.164. The van der Waals surface area contributed by atoms with E-state index in [0.29, 0.717) is 29.5 Å². The Morgan fingerprint density at radius 2 is 1.77 bits per heavy atom. The Morgan fingerprint density at radius 3 is 2.52 bits per heavy atom. The highest BCUT2D eigenvalue weighted by Crippen LogP contribution is 2.29. The van der Waals surface area contributed by atoms with Gasteiger partial charge in [-0.1, -0.05) is 52.3 Å². The molecule has 204 valence electrons. The predicted octanol–water partition coefficient (Wildman–Crippen LogP) is 5.76. The van der Waals surface area contributed by atoms with E-state index in [2.05, 4.69) is 51.4 Å². The number of thiazole rings is 1. The third-order valence-corrected chi connectivity index (χ3v) is 10.6. The van der Waals surface area contributed by atoms with Crippen LogP contribution in [0.3, 0.4) is 0 Å². The topological polar surface area (TPSA) is 88.4 Å². The number of halogens is 1. The fraction of sp³-hybridized carbons (Fsp3) is 0.207. The fourth-order valence-corrected chi connectivity index (χ4v) is 7.77. The molecule has 0 spiro atoms. The van der Waals surface area contributed by atoms with Gasteiger partial charge in [-0.3, -0.25) is 4.79 Å². The van der Waals surface area contributed by atoms with E-state index < -0.39 is 10.0 Å². The molecule has 1 saturated heterocycles. The fourth-order valence-electron chi connectivity index (χ4n) is 5.05. The number of piperazine rings is 1. The van der Waals surface area contributed by atoms with E-state index in [9.17, 15) is 13.2 Å². The molecule has 5 aromatic rings. The van der Waals surface area contributed by atoms with Crippen molar-refractivity contribution in [2.24, 2.45) is 0 Å². The lowest BCUT2D eigenvalue weighted by atomic mass is 10.1. The minimum Gasteiger partial charge on any atom is -0.336 e. The summed E-state index contributed by atoms with van der Waals surface area (Å²) in [4.78, 5) is 20.3. The average Bonchev–Trinajstić information content (AvgIpc) is 3.59. The molecular weight excluding hydrogens is 610 g/mol. The van der Waals surface area contributed by atoms with Crippen LogP contribution in [0.1, 0.15) is 23.0 Å². The third kappa shape index (κ3) is 4.87. The number of aromatic nitrogens is 3. The lowest BCUT2D eigenvalue weighted by Crippen LogP contribution is -2.55. The second kappa shape index (κ2) is 10.5. The zero-order chi connectivity index (χ0) is 28.0. The Labute approximate surface area is 245 Å². The van der Waals surface area contributed by atoms with Gasteiger partial charge in [-0.05, 0) is 55.0 Å². The van der Waals surface area contributed by atoms with E-state index in [0.717, 1.165) is 21.1 Å². The first-order valence-corrected chi connectivity index (χ1v) is 15.9. The second-order valence-corrected chi connectivity index (χ2v) is 13.4. The minimum atomic E-state index is -3.66. The van der Waals surface area contributed by atoms with E-state index in [1.54, 1.807) is 40.0 Å². The zero-order valence-corrected chi connectivity index (χ0v) is 25.1.